The molecule has 0 radical (unpaired) electrons. The number of hydrogen-bond acceptors (Lipinski definition) is 2. The molecule has 21 heavy (non-hydrogen) atoms. The van der Waals surface area contributed by atoms with E-state index in [4.69, 9.17) is 11.6 Å². The summed E-state index contributed by atoms with van der Waals surface area (Å²) in [6.07, 6.45) is 1.14. The molecular weight excluding hydrogens is 419 g/mol. The van der Waals surface area contributed by atoms with Crippen molar-refractivity contribution < 1.29 is 4.79 Å². The normalized spacial score (nSPS) is 10.9. The molecule has 0 spiro atoms. The van der Waals surface area contributed by atoms with Crippen LogP contribution in [-0.4, -0.2) is 15.6 Å². The van der Waals surface area contributed by atoms with Gasteiger partial charge >= 0.3 is 0 Å². The van der Waals surface area contributed by atoms with E-state index in [0.717, 1.165) is 33.3 Å². The lowest BCUT2D eigenvalue weighted by Gasteiger charge is -2.06. The SMILES string of the molecule is CCc1nn(CC)c(CC(=O)c2ccc(Br)c(Cl)c2)c1Br. The van der Waals surface area contributed by atoms with Gasteiger partial charge in [-0.3, -0.25) is 9.48 Å². The minimum Gasteiger partial charge on any atom is -0.294 e. The molecular formula is C15H15Br2ClN2O. The Kier molecular flexibility index (Phi) is 5.63. The van der Waals surface area contributed by atoms with Crippen molar-refractivity contribution in [3.05, 3.63) is 49.1 Å². The Bertz CT molecular complexity index is 683. The highest BCUT2D eigenvalue weighted by Gasteiger charge is 2.18. The smallest absolute Gasteiger partial charge is 0.168 e. The first-order valence-electron chi connectivity index (χ1n) is 6.70. The number of Topliss-reactive ketones (excluding diaryl/α,β-unsaturated/α-hetero) is 1. The molecule has 0 unspecified atom stereocenters. The van der Waals surface area contributed by atoms with Crippen LogP contribution in [0.4, 0.5) is 0 Å². The molecule has 3 nitrogen and oxygen atoms in total. The highest BCUT2D eigenvalue weighted by Crippen LogP contribution is 2.26. The number of carbonyl (C=O) groups is 1. The Morgan fingerprint density at radius 3 is 2.62 bits per heavy atom. The number of aromatic nitrogens is 2. The standard InChI is InChI=1S/C15H15Br2ClN2O/c1-3-12-15(17)13(20(4-2)19-12)8-14(21)9-5-6-10(16)11(18)7-9/h5-7H,3-4,8H2,1-2H3. The monoisotopic (exact) mass is 432 g/mol. The molecule has 0 N–H and O–H groups in total. The second kappa shape index (κ2) is 7.07. The molecule has 0 aliphatic rings. The molecule has 6 heteroatoms. The Hall–Kier alpha value is -0.650. The van der Waals surface area contributed by atoms with Crippen LogP contribution in [0.15, 0.2) is 27.1 Å². The molecule has 0 saturated carbocycles. The van der Waals surface area contributed by atoms with E-state index in [1.807, 2.05) is 18.5 Å². The van der Waals surface area contributed by atoms with Crippen LogP contribution in [0.3, 0.4) is 0 Å². The van der Waals surface area contributed by atoms with Gasteiger partial charge in [0.2, 0.25) is 0 Å². The average Bonchev–Trinajstić information content (AvgIpc) is 2.78. The summed E-state index contributed by atoms with van der Waals surface area (Å²) in [5.74, 6) is 0.0300. The van der Waals surface area contributed by atoms with Gasteiger partial charge in [0.1, 0.15) is 0 Å². The van der Waals surface area contributed by atoms with Crippen LogP contribution in [-0.2, 0) is 19.4 Å². The second-order valence-electron chi connectivity index (χ2n) is 4.61. The summed E-state index contributed by atoms with van der Waals surface area (Å²) in [6, 6.07) is 5.26. The maximum atomic E-state index is 12.5. The van der Waals surface area contributed by atoms with Crippen molar-refractivity contribution in [3.8, 4) is 0 Å². The molecule has 112 valence electrons. The molecule has 1 heterocycles. The Morgan fingerprint density at radius 2 is 2.05 bits per heavy atom. The van der Waals surface area contributed by atoms with Crippen molar-refractivity contribution in [2.24, 2.45) is 0 Å². The fraction of sp³-hybridized carbons (Fsp3) is 0.333. The molecule has 2 aromatic rings. The highest BCUT2D eigenvalue weighted by molar-refractivity contribution is 9.10. The van der Waals surface area contributed by atoms with Gasteiger partial charge in [0.15, 0.2) is 5.78 Å². The zero-order valence-electron chi connectivity index (χ0n) is 11.8. The fourth-order valence-electron chi connectivity index (χ4n) is 2.11. The number of nitrogens with zero attached hydrogens (tertiary/aromatic N) is 2. The van der Waals surface area contributed by atoms with Gasteiger partial charge in [-0.1, -0.05) is 24.6 Å². The van der Waals surface area contributed by atoms with Gasteiger partial charge < -0.3 is 0 Å². The molecule has 0 saturated heterocycles. The maximum Gasteiger partial charge on any atom is 0.168 e. The van der Waals surface area contributed by atoms with E-state index in [-0.39, 0.29) is 5.78 Å². The molecule has 0 fully saturated rings. The maximum absolute atomic E-state index is 12.5. The van der Waals surface area contributed by atoms with E-state index in [2.05, 4.69) is 37.0 Å². The number of rotatable bonds is 5. The topological polar surface area (TPSA) is 34.9 Å². The van der Waals surface area contributed by atoms with Crippen molar-refractivity contribution in [2.45, 2.75) is 33.2 Å². The average molecular weight is 435 g/mol. The van der Waals surface area contributed by atoms with Gasteiger partial charge in [0.05, 0.1) is 27.3 Å². The van der Waals surface area contributed by atoms with Crippen molar-refractivity contribution in [1.82, 2.24) is 9.78 Å². The summed E-state index contributed by atoms with van der Waals surface area (Å²) in [7, 11) is 0. The van der Waals surface area contributed by atoms with Crippen LogP contribution in [0, 0.1) is 0 Å². The third kappa shape index (κ3) is 3.58. The van der Waals surface area contributed by atoms with E-state index in [9.17, 15) is 4.79 Å². The van der Waals surface area contributed by atoms with Crippen LogP contribution < -0.4 is 0 Å². The first-order chi connectivity index (χ1) is 9.97. The number of hydrogen-bond donors (Lipinski definition) is 0. The summed E-state index contributed by atoms with van der Waals surface area (Å²) < 4.78 is 3.60. The molecule has 1 aromatic heterocycles. The Balaban J connectivity index is 2.31. The number of benzene rings is 1. The van der Waals surface area contributed by atoms with E-state index in [1.165, 1.54) is 0 Å². The molecule has 0 aliphatic carbocycles. The summed E-state index contributed by atoms with van der Waals surface area (Å²) in [5.41, 5.74) is 2.50. The van der Waals surface area contributed by atoms with E-state index in [0.29, 0.717) is 17.0 Å². The number of aryl methyl sites for hydroxylation is 2. The zero-order chi connectivity index (χ0) is 15.6. The third-order valence-corrected chi connectivity index (χ3v) is 5.41. The predicted molar refractivity (Wildman–Crippen MR) is 92.2 cm³/mol. The van der Waals surface area contributed by atoms with Crippen molar-refractivity contribution in [1.29, 1.82) is 0 Å². The van der Waals surface area contributed by atoms with Crippen LogP contribution in [0.25, 0.3) is 0 Å². The Morgan fingerprint density at radius 1 is 1.33 bits per heavy atom. The molecule has 0 bridgehead atoms. The molecule has 0 amide bonds. The van der Waals surface area contributed by atoms with Crippen LogP contribution >= 0.6 is 43.5 Å². The number of halogens is 3. The van der Waals surface area contributed by atoms with Crippen LogP contribution in [0.2, 0.25) is 5.02 Å². The first kappa shape index (κ1) is 16.7. The lowest BCUT2D eigenvalue weighted by molar-refractivity contribution is 0.0990. The summed E-state index contributed by atoms with van der Waals surface area (Å²) >= 11 is 12.9. The van der Waals surface area contributed by atoms with Gasteiger partial charge in [0.25, 0.3) is 0 Å². The van der Waals surface area contributed by atoms with Gasteiger partial charge in [-0.05, 0) is 57.3 Å². The van der Waals surface area contributed by atoms with Crippen LogP contribution in [0.1, 0.15) is 35.6 Å². The number of ketones is 1. The first-order valence-corrected chi connectivity index (χ1v) is 8.66. The predicted octanol–water partition coefficient (Wildman–Crippen LogP) is 5.07. The van der Waals surface area contributed by atoms with Gasteiger partial charge in [-0.2, -0.15) is 5.10 Å². The van der Waals surface area contributed by atoms with Gasteiger partial charge in [-0.15, -0.1) is 0 Å². The van der Waals surface area contributed by atoms with E-state index < -0.39 is 0 Å². The van der Waals surface area contributed by atoms with Crippen molar-refractivity contribution >= 4 is 49.2 Å². The quantitative estimate of drug-likeness (QED) is 0.616. The summed E-state index contributed by atoms with van der Waals surface area (Å²) in [6.45, 7) is 4.80. The van der Waals surface area contributed by atoms with Crippen molar-refractivity contribution in [3.63, 3.8) is 0 Å². The second-order valence-corrected chi connectivity index (χ2v) is 6.66. The molecule has 0 atom stereocenters. The summed E-state index contributed by atoms with van der Waals surface area (Å²) in [5, 5.41) is 5.05. The van der Waals surface area contributed by atoms with E-state index in [1.54, 1.807) is 18.2 Å². The lowest BCUT2D eigenvalue weighted by atomic mass is 10.1. The van der Waals surface area contributed by atoms with Gasteiger partial charge in [-0.25, -0.2) is 0 Å². The lowest BCUT2D eigenvalue weighted by Crippen LogP contribution is -2.10. The van der Waals surface area contributed by atoms with Crippen LogP contribution in [0.5, 0.6) is 0 Å². The minimum absolute atomic E-state index is 0.0300. The largest absolute Gasteiger partial charge is 0.294 e. The van der Waals surface area contributed by atoms with Gasteiger partial charge in [0, 0.05) is 16.6 Å². The molecule has 0 aliphatic heterocycles. The molecule has 2 rings (SSSR count). The Labute approximate surface area is 145 Å². The minimum atomic E-state index is 0.0300. The fourth-order valence-corrected chi connectivity index (χ4v) is 3.24. The van der Waals surface area contributed by atoms with E-state index >= 15 is 0 Å². The molecule has 1 aromatic carbocycles. The summed E-state index contributed by atoms with van der Waals surface area (Å²) in [4.78, 5) is 12.5. The van der Waals surface area contributed by atoms with Crippen molar-refractivity contribution in [2.75, 3.05) is 0 Å². The number of carbonyl (C=O) groups excluding carboxylic acids is 1. The third-order valence-electron chi connectivity index (χ3n) is 3.26. The highest BCUT2D eigenvalue weighted by atomic mass is 79.9. The zero-order valence-corrected chi connectivity index (χ0v) is 15.7.